The number of ether oxygens (including phenoxy) is 2. The smallest absolute Gasteiger partial charge is 0.416 e. The van der Waals surface area contributed by atoms with Gasteiger partial charge < -0.3 is 9.47 Å². The van der Waals surface area contributed by atoms with E-state index in [1.165, 1.54) is 18.1 Å². The Kier molecular flexibility index (Phi) is 7.38. The van der Waals surface area contributed by atoms with Gasteiger partial charge in [0.1, 0.15) is 0 Å². The van der Waals surface area contributed by atoms with Crippen molar-refractivity contribution in [3.63, 3.8) is 0 Å². The van der Waals surface area contributed by atoms with E-state index in [4.69, 9.17) is 9.47 Å². The number of benzene rings is 1. The highest BCUT2D eigenvalue weighted by atomic mass is 32.2. The topological polar surface area (TPSA) is 55.0 Å². The number of hydrogen-bond acceptors (Lipinski definition) is 6. The zero-order valence-electron chi connectivity index (χ0n) is 16.7. The molecule has 0 spiro atoms. The fourth-order valence-electron chi connectivity index (χ4n) is 2.87. The van der Waals surface area contributed by atoms with Crippen molar-refractivity contribution in [1.29, 1.82) is 0 Å². The summed E-state index contributed by atoms with van der Waals surface area (Å²) >= 11 is 1.25. The molecule has 1 fully saturated rings. The van der Waals surface area contributed by atoms with E-state index in [-0.39, 0.29) is 18.5 Å². The molecule has 0 N–H and O–H groups in total. The summed E-state index contributed by atoms with van der Waals surface area (Å²) in [6.07, 6.45) is -2.14. The highest BCUT2D eigenvalue weighted by molar-refractivity contribution is 7.97. The van der Waals surface area contributed by atoms with E-state index in [9.17, 15) is 18.0 Å². The van der Waals surface area contributed by atoms with Crippen LogP contribution in [0.25, 0.3) is 11.1 Å². The second-order valence-electron chi connectivity index (χ2n) is 6.94. The van der Waals surface area contributed by atoms with Gasteiger partial charge in [0.2, 0.25) is 0 Å². The number of hydrogen-bond donors (Lipinski definition) is 0. The van der Waals surface area contributed by atoms with Gasteiger partial charge in [-0.05, 0) is 55.7 Å². The van der Waals surface area contributed by atoms with Crippen LogP contribution in [0.5, 0.6) is 0 Å². The van der Waals surface area contributed by atoms with E-state index >= 15 is 0 Å². The summed E-state index contributed by atoms with van der Waals surface area (Å²) in [6, 6.07) is 7.44. The normalized spacial score (nSPS) is 16.0. The number of rotatable bonds is 9. The van der Waals surface area contributed by atoms with Crippen LogP contribution >= 0.6 is 11.9 Å². The molecular formula is C21H23F3N2O3S. The van der Waals surface area contributed by atoms with Crippen LogP contribution in [0.1, 0.15) is 24.6 Å². The lowest BCUT2D eigenvalue weighted by Gasteiger charge is -2.17. The fraction of sp³-hybridized carbons (Fsp3) is 0.429. The molecule has 1 aliphatic rings. The number of halogens is 3. The van der Waals surface area contributed by atoms with Crippen LogP contribution in [0.2, 0.25) is 0 Å². The van der Waals surface area contributed by atoms with Gasteiger partial charge in [0.25, 0.3) is 0 Å². The molecule has 0 amide bonds. The van der Waals surface area contributed by atoms with Crippen LogP contribution in [-0.2, 0) is 26.9 Å². The van der Waals surface area contributed by atoms with Gasteiger partial charge in [0, 0.05) is 35.3 Å². The molecule has 1 aromatic carbocycles. The molecular weight excluding hydrogens is 417 g/mol. The van der Waals surface area contributed by atoms with Gasteiger partial charge in [-0.25, -0.2) is 4.31 Å². The lowest BCUT2D eigenvalue weighted by molar-refractivity contribution is -0.143. The standard InChI is InChI=1S/C21H23F3N2O3S/c1-3-28-20(27)7-6-17-5-4-14(11-25-17)15-8-16(21(22,23)24)10-19(9-15)30-26(2)12-18-13-29-18/h4-5,8-11,18H,3,6-7,12-13H2,1-2H3. The average molecular weight is 440 g/mol. The number of likely N-dealkylation sites (N-methyl/N-ethyl adjacent to an activating group) is 1. The van der Waals surface area contributed by atoms with Crippen molar-refractivity contribution >= 4 is 17.9 Å². The predicted octanol–water partition coefficient (Wildman–Crippen LogP) is 4.60. The maximum Gasteiger partial charge on any atom is 0.416 e. The number of alkyl halides is 3. The van der Waals surface area contributed by atoms with Crippen LogP contribution in [-0.4, -0.2) is 48.2 Å². The Morgan fingerprint density at radius 1 is 1.30 bits per heavy atom. The van der Waals surface area contributed by atoms with E-state index in [2.05, 4.69) is 4.98 Å². The van der Waals surface area contributed by atoms with Gasteiger partial charge in [-0.15, -0.1) is 0 Å². The Bertz CT molecular complexity index is 871. The minimum Gasteiger partial charge on any atom is -0.466 e. The highest BCUT2D eigenvalue weighted by Gasteiger charge is 2.32. The Labute approximate surface area is 177 Å². The second-order valence-corrected chi connectivity index (χ2v) is 8.22. The molecule has 9 heteroatoms. The number of esters is 1. The highest BCUT2D eigenvalue weighted by Crippen LogP contribution is 2.36. The first kappa shape index (κ1) is 22.6. The summed E-state index contributed by atoms with van der Waals surface area (Å²) in [6.45, 7) is 3.40. The van der Waals surface area contributed by atoms with Crippen LogP contribution < -0.4 is 0 Å². The Morgan fingerprint density at radius 3 is 2.67 bits per heavy atom. The number of pyridine rings is 1. The van der Waals surface area contributed by atoms with E-state index in [1.807, 2.05) is 11.4 Å². The predicted molar refractivity (Wildman–Crippen MR) is 108 cm³/mol. The van der Waals surface area contributed by atoms with E-state index in [0.29, 0.717) is 47.9 Å². The van der Waals surface area contributed by atoms with Crippen molar-refractivity contribution in [2.45, 2.75) is 36.9 Å². The maximum absolute atomic E-state index is 13.4. The minimum atomic E-state index is -4.45. The Morgan fingerprint density at radius 2 is 2.07 bits per heavy atom. The first-order valence-corrected chi connectivity index (χ1v) is 10.4. The van der Waals surface area contributed by atoms with Gasteiger partial charge in [0.05, 0.1) is 31.3 Å². The van der Waals surface area contributed by atoms with Gasteiger partial charge in [0.15, 0.2) is 0 Å². The number of aromatic nitrogens is 1. The van der Waals surface area contributed by atoms with Gasteiger partial charge in [-0.1, -0.05) is 6.07 Å². The van der Waals surface area contributed by atoms with Crippen molar-refractivity contribution in [3.05, 3.63) is 47.8 Å². The third-order valence-corrected chi connectivity index (χ3v) is 5.31. The van der Waals surface area contributed by atoms with Crippen LogP contribution in [0.4, 0.5) is 13.2 Å². The zero-order chi connectivity index (χ0) is 21.7. The second kappa shape index (κ2) is 9.80. The van der Waals surface area contributed by atoms with Crippen molar-refractivity contribution < 1.29 is 27.4 Å². The maximum atomic E-state index is 13.4. The molecule has 3 rings (SSSR count). The summed E-state index contributed by atoms with van der Waals surface area (Å²) in [4.78, 5) is 16.3. The van der Waals surface area contributed by atoms with Gasteiger partial charge in [-0.2, -0.15) is 13.2 Å². The lowest BCUT2D eigenvalue weighted by Crippen LogP contribution is -2.15. The molecule has 0 bridgehead atoms. The summed E-state index contributed by atoms with van der Waals surface area (Å²) < 4.78 is 52.2. The molecule has 1 unspecified atom stereocenters. The number of carbonyl (C=O) groups excluding carboxylic acids is 1. The average Bonchev–Trinajstić information content (AvgIpc) is 3.50. The van der Waals surface area contributed by atoms with E-state index in [0.717, 1.165) is 12.1 Å². The summed E-state index contributed by atoms with van der Waals surface area (Å²) in [7, 11) is 1.83. The molecule has 1 aromatic heterocycles. The third-order valence-electron chi connectivity index (χ3n) is 4.41. The van der Waals surface area contributed by atoms with Crippen molar-refractivity contribution in [2.24, 2.45) is 0 Å². The van der Waals surface area contributed by atoms with Gasteiger partial charge in [-0.3, -0.25) is 9.78 Å². The van der Waals surface area contributed by atoms with Gasteiger partial charge >= 0.3 is 12.1 Å². The fourth-order valence-corrected chi connectivity index (χ4v) is 3.83. The van der Waals surface area contributed by atoms with Crippen LogP contribution in [0.15, 0.2) is 41.4 Å². The van der Waals surface area contributed by atoms with Crippen molar-refractivity contribution in [1.82, 2.24) is 9.29 Å². The largest absolute Gasteiger partial charge is 0.466 e. The molecule has 30 heavy (non-hydrogen) atoms. The Hall–Kier alpha value is -2.10. The monoisotopic (exact) mass is 440 g/mol. The summed E-state index contributed by atoms with van der Waals surface area (Å²) in [5, 5.41) is 0. The number of carbonyl (C=O) groups is 1. The number of epoxide rings is 1. The molecule has 162 valence electrons. The molecule has 1 saturated heterocycles. The molecule has 5 nitrogen and oxygen atoms in total. The molecule has 2 aromatic rings. The molecule has 1 atom stereocenters. The summed E-state index contributed by atoms with van der Waals surface area (Å²) in [5.41, 5.74) is 0.992. The Balaban J connectivity index is 1.77. The minimum absolute atomic E-state index is 0.152. The van der Waals surface area contributed by atoms with Crippen molar-refractivity contribution in [2.75, 3.05) is 26.8 Å². The van der Waals surface area contributed by atoms with Crippen molar-refractivity contribution in [3.8, 4) is 11.1 Å². The number of nitrogens with zero attached hydrogens (tertiary/aromatic N) is 2. The number of aryl methyl sites for hydroxylation is 1. The first-order valence-electron chi connectivity index (χ1n) is 9.58. The van der Waals surface area contributed by atoms with E-state index < -0.39 is 11.7 Å². The summed E-state index contributed by atoms with van der Waals surface area (Å²) in [5.74, 6) is -0.302. The molecule has 1 aliphatic heterocycles. The lowest BCUT2D eigenvalue weighted by atomic mass is 10.0. The van der Waals surface area contributed by atoms with Crippen LogP contribution in [0, 0.1) is 0 Å². The van der Waals surface area contributed by atoms with E-state index in [1.54, 1.807) is 25.1 Å². The molecule has 2 heterocycles. The van der Waals surface area contributed by atoms with Crippen LogP contribution in [0.3, 0.4) is 0 Å². The SMILES string of the molecule is CCOC(=O)CCc1ccc(-c2cc(SN(C)CC3CO3)cc(C(F)(F)F)c2)cn1. The third kappa shape index (κ3) is 6.72. The quantitative estimate of drug-likeness (QED) is 0.323. The zero-order valence-corrected chi connectivity index (χ0v) is 17.6. The molecule has 0 radical (unpaired) electrons. The molecule has 0 saturated carbocycles. The first-order chi connectivity index (χ1) is 14.2. The molecule has 0 aliphatic carbocycles.